The van der Waals surface area contributed by atoms with Crippen LogP contribution in [0.3, 0.4) is 0 Å². The van der Waals surface area contributed by atoms with E-state index < -0.39 is 11.6 Å². The Morgan fingerprint density at radius 1 is 1.17 bits per heavy atom. The van der Waals surface area contributed by atoms with E-state index in [0.29, 0.717) is 37.1 Å². The minimum absolute atomic E-state index is 0.186. The molecular weight excluding hydrogens is 397 g/mol. The quantitative estimate of drug-likeness (QED) is 0.597. The Kier molecular flexibility index (Phi) is 5.74. The number of amides is 1. The fourth-order valence-corrected chi connectivity index (χ4v) is 3.54. The lowest BCUT2D eigenvalue weighted by atomic mass is 10.1. The van der Waals surface area contributed by atoms with Crippen molar-refractivity contribution in [3.63, 3.8) is 0 Å². The van der Waals surface area contributed by atoms with Crippen molar-refractivity contribution in [1.82, 2.24) is 9.88 Å². The fourth-order valence-electron chi connectivity index (χ4n) is 3.54. The first kappa shape index (κ1) is 20.0. The van der Waals surface area contributed by atoms with Crippen molar-refractivity contribution in [3.05, 3.63) is 83.3 Å². The Hall–Kier alpha value is -3.29. The summed E-state index contributed by atoms with van der Waals surface area (Å²) in [5.41, 5.74) is 0.756. The first-order valence-corrected chi connectivity index (χ1v) is 9.56. The summed E-state index contributed by atoms with van der Waals surface area (Å²) in [5.74, 6) is -1.46. The van der Waals surface area contributed by atoms with Crippen molar-refractivity contribution >= 4 is 5.91 Å². The van der Waals surface area contributed by atoms with Gasteiger partial charge in [-0.15, -0.1) is 0 Å². The van der Waals surface area contributed by atoms with Gasteiger partial charge in [0.1, 0.15) is 23.4 Å². The SMILES string of the molecule is O=C(COc1ccc(F)cc1F)N1CCC[C@@H]1c1ncc(Cc2cccc(F)c2)o1. The van der Waals surface area contributed by atoms with Gasteiger partial charge in [0.2, 0.25) is 5.89 Å². The number of rotatable bonds is 6. The van der Waals surface area contributed by atoms with E-state index in [1.54, 1.807) is 23.2 Å². The molecule has 1 fully saturated rings. The van der Waals surface area contributed by atoms with E-state index in [4.69, 9.17) is 9.15 Å². The summed E-state index contributed by atoms with van der Waals surface area (Å²) in [7, 11) is 0. The molecule has 0 saturated carbocycles. The number of hydrogen-bond acceptors (Lipinski definition) is 4. The maximum absolute atomic E-state index is 13.7. The van der Waals surface area contributed by atoms with Crippen molar-refractivity contribution in [2.24, 2.45) is 0 Å². The zero-order valence-electron chi connectivity index (χ0n) is 16.0. The molecule has 1 saturated heterocycles. The van der Waals surface area contributed by atoms with Crippen molar-refractivity contribution < 1.29 is 27.1 Å². The number of halogens is 3. The molecular formula is C22H19F3N2O3. The van der Waals surface area contributed by atoms with Crippen molar-refractivity contribution in [3.8, 4) is 5.75 Å². The predicted molar refractivity (Wildman–Crippen MR) is 101 cm³/mol. The van der Waals surface area contributed by atoms with E-state index in [2.05, 4.69) is 4.98 Å². The third-order valence-electron chi connectivity index (χ3n) is 4.94. The maximum atomic E-state index is 13.7. The van der Waals surface area contributed by atoms with Crippen LogP contribution in [-0.4, -0.2) is 28.9 Å². The molecule has 0 unspecified atom stereocenters. The molecule has 1 aliphatic heterocycles. The molecule has 0 spiro atoms. The molecule has 2 heterocycles. The van der Waals surface area contributed by atoms with E-state index in [1.165, 1.54) is 12.1 Å². The van der Waals surface area contributed by atoms with Crippen molar-refractivity contribution in [2.45, 2.75) is 25.3 Å². The summed E-state index contributed by atoms with van der Waals surface area (Å²) >= 11 is 0. The van der Waals surface area contributed by atoms with Crippen LogP contribution < -0.4 is 4.74 Å². The van der Waals surface area contributed by atoms with Gasteiger partial charge in [0.15, 0.2) is 18.2 Å². The Bertz CT molecular complexity index is 1050. The zero-order chi connectivity index (χ0) is 21.1. The molecule has 1 atom stereocenters. The second-order valence-corrected chi connectivity index (χ2v) is 7.08. The highest BCUT2D eigenvalue weighted by Gasteiger charge is 2.33. The lowest BCUT2D eigenvalue weighted by Gasteiger charge is -2.22. The van der Waals surface area contributed by atoms with E-state index in [9.17, 15) is 18.0 Å². The molecule has 1 aliphatic rings. The Labute approximate surface area is 171 Å². The van der Waals surface area contributed by atoms with Crippen LogP contribution in [-0.2, 0) is 11.2 Å². The largest absolute Gasteiger partial charge is 0.481 e. The summed E-state index contributed by atoms with van der Waals surface area (Å²) in [6.45, 7) is 0.121. The summed E-state index contributed by atoms with van der Waals surface area (Å²) in [5, 5.41) is 0. The lowest BCUT2D eigenvalue weighted by molar-refractivity contribution is -0.134. The van der Waals surface area contributed by atoms with Crippen LogP contribution in [0.15, 0.2) is 53.1 Å². The Balaban J connectivity index is 1.40. The highest BCUT2D eigenvalue weighted by atomic mass is 19.1. The number of ether oxygens (including phenoxy) is 1. The highest BCUT2D eigenvalue weighted by Crippen LogP contribution is 2.32. The van der Waals surface area contributed by atoms with Gasteiger partial charge in [-0.2, -0.15) is 0 Å². The van der Waals surface area contributed by atoms with Gasteiger partial charge in [-0.25, -0.2) is 18.2 Å². The smallest absolute Gasteiger partial charge is 0.261 e. The molecule has 0 N–H and O–H groups in total. The number of benzene rings is 2. The summed E-state index contributed by atoms with van der Waals surface area (Å²) in [6, 6.07) is 8.79. The maximum Gasteiger partial charge on any atom is 0.261 e. The average Bonchev–Trinajstić information content (AvgIpc) is 3.36. The molecule has 0 bridgehead atoms. The Morgan fingerprint density at radius 2 is 2.00 bits per heavy atom. The number of likely N-dealkylation sites (tertiary alicyclic amines) is 1. The van der Waals surface area contributed by atoms with E-state index in [0.717, 1.165) is 24.1 Å². The first-order valence-electron chi connectivity index (χ1n) is 9.56. The van der Waals surface area contributed by atoms with E-state index in [-0.39, 0.29) is 30.1 Å². The standard InChI is InChI=1S/C22H19F3N2O3/c23-15-4-1-3-14(9-15)10-17-12-26-22(30-17)19-5-2-8-27(19)21(28)13-29-20-7-6-16(24)11-18(20)25/h1,3-4,6-7,9,11-12,19H,2,5,8,10,13H2/t19-/m1/s1. The minimum Gasteiger partial charge on any atom is -0.481 e. The van der Waals surface area contributed by atoms with Crippen LogP contribution in [0.5, 0.6) is 5.75 Å². The number of carbonyl (C=O) groups is 1. The average molecular weight is 416 g/mol. The molecule has 0 radical (unpaired) electrons. The molecule has 8 heteroatoms. The highest BCUT2D eigenvalue weighted by molar-refractivity contribution is 5.78. The van der Waals surface area contributed by atoms with Crippen LogP contribution in [0.1, 0.15) is 36.1 Å². The van der Waals surface area contributed by atoms with Crippen LogP contribution in [0.4, 0.5) is 13.2 Å². The number of aromatic nitrogens is 1. The summed E-state index contributed by atoms with van der Waals surface area (Å²) in [4.78, 5) is 18.5. The van der Waals surface area contributed by atoms with Crippen LogP contribution in [0.25, 0.3) is 0 Å². The monoisotopic (exact) mass is 416 g/mol. The summed E-state index contributed by atoms with van der Waals surface area (Å²) in [6.07, 6.45) is 3.41. The second-order valence-electron chi connectivity index (χ2n) is 7.08. The zero-order valence-corrected chi connectivity index (χ0v) is 16.0. The van der Waals surface area contributed by atoms with Gasteiger partial charge in [0, 0.05) is 19.0 Å². The second kappa shape index (κ2) is 8.61. The molecule has 5 nitrogen and oxygen atoms in total. The molecule has 0 aliphatic carbocycles. The lowest BCUT2D eigenvalue weighted by Crippen LogP contribution is -2.34. The molecule has 30 heavy (non-hydrogen) atoms. The van der Waals surface area contributed by atoms with Crippen molar-refractivity contribution in [2.75, 3.05) is 13.2 Å². The molecule has 3 aromatic rings. The third-order valence-corrected chi connectivity index (χ3v) is 4.94. The molecule has 4 rings (SSSR count). The molecule has 156 valence electrons. The topological polar surface area (TPSA) is 55.6 Å². The van der Waals surface area contributed by atoms with Gasteiger partial charge >= 0.3 is 0 Å². The van der Waals surface area contributed by atoms with Crippen LogP contribution in [0.2, 0.25) is 0 Å². The van der Waals surface area contributed by atoms with Crippen LogP contribution >= 0.6 is 0 Å². The number of oxazole rings is 1. The van der Waals surface area contributed by atoms with Gasteiger partial charge < -0.3 is 14.1 Å². The number of nitrogens with zero attached hydrogens (tertiary/aromatic N) is 2. The first-order chi connectivity index (χ1) is 14.5. The Morgan fingerprint density at radius 3 is 2.80 bits per heavy atom. The molecule has 1 amide bonds. The number of hydrogen-bond donors (Lipinski definition) is 0. The fraction of sp³-hybridized carbons (Fsp3) is 0.273. The third kappa shape index (κ3) is 4.48. The predicted octanol–water partition coefficient (Wildman–Crippen LogP) is 4.43. The number of carbonyl (C=O) groups excluding carboxylic acids is 1. The van der Waals surface area contributed by atoms with E-state index >= 15 is 0 Å². The van der Waals surface area contributed by atoms with Crippen molar-refractivity contribution in [1.29, 1.82) is 0 Å². The molecule has 2 aromatic carbocycles. The minimum atomic E-state index is -0.865. The normalized spacial score (nSPS) is 16.1. The van der Waals surface area contributed by atoms with Crippen LogP contribution in [0, 0.1) is 17.5 Å². The summed E-state index contributed by atoms with van der Waals surface area (Å²) < 4.78 is 51.1. The van der Waals surface area contributed by atoms with Gasteiger partial charge in [-0.1, -0.05) is 12.1 Å². The van der Waals surface area contributed by atoms with Gasteiger partial charge in [-0.05, 0) is 42.7 Å². The van der Waals surface area contributed by atoms with Gasteiger partial charge in [0.25, 0.3) is 5.91 Å². The van der Waals surface area contributed by atoms with E-state index in [1.807, 2.05) is 0 Å². The van der Waals surface area contributed by atoms with Gasteiger partial charge in [-0.3, -0.25) is 4.79 Å². The molecule has 1 aromatic heterocycles. The van der Waals surface area contributed by atoms with Gasteiger partial charge in [0.05, 0.1) is 6.20 Å².